The third-order valence-electron chi connectivity index (χ3n) is 16.0. The van der Waals surface area contributed by atoms with Crippen LogP contribution in [0.5, 0.6) is 0 Å². The van der Waals surface area contributed by atoms with Crippen LogP contribution >= 0.6 is 0 Å². The van der Waals surface area contributed by atoms with Crippen molar-refractivity contribution in [3.05, 3.63) is 123 Å². The molecule has 0 bridgehead atoms. The predicted molar refractivity (Wildman–Crippen MR) is 272 cm³/mol. The van der Waals surface area contributed by atoms with Crippen LogP contribution in [-0.4, -0.2) is 6.71 Å². The first-order valence-electron chi connectivity index (χ1n) is 23.8. The van der Waals surface area contributed by atoms with Gasteiger partial charge >= 0.3 is 0 Å². The molecule has 3 heteroatoms. The van der Waals surface area contributed by atoms with Gasteiger partial charge in [0.25, 0.3) is 6.71 Å². The first-order valence-corrected chi connectivity index (χ1v) is 23.8. The predicted octanol–water partition coefficient (Wildman–Crippen LogP) is 14.6. The zero-order valence-electron chi connectivity index (χ0n) is 42.0. The largest absolute Gasteiger partial charge is 0.311 e. The van der Waals surface area contributed by atoms with Crippen molar-refractivity contribution in [3.8, 4) is 0 Å². The van der Waals surface area contributed by atoms with Gasteiger partial charge in [-0.1, -0.05) is 154 Å². The Hall–Kier alpha value is -4.24. The average molecular weight is 823 g/mol. The van der Waals surface area contributed by atoms with E-state index in [1.165, 1.54) is 113 Å². The van der Waals surface area contributed by atoms with Crippen molar-refractivity contribution in [1.82, 2.24) is 0 Å². The van der Waals surface area contributed by atoms with Crippen molar-refractivity contribution in [3.63, 3.8) is 0 Å². The molecule has 0 fully saturated rings. The van der Waals surface area contributed by atoms with Gasteiger partial charge in [-0.25, -0.2) is 0 Å². The summed E-state index contributed by atoms with van der Waals surface area (Å²) in [5.41, 5.74) is 25.3. The number of hydrogen-bond donors (Lipinski definition) is 0. The van der Waals surface area contributed by atoms with Crippen LogP contribution in [0.3, 0.4) is 0 Å². The topological polar surface area (TPSA) is 6.48 Å². The van der Waals surface area contributed by atoms with Gasteiger partial charge in [-0.3, -0.25) is 0 Å². The van der Waals surface area contributed by atoms with Crippen molar-refractivity contribution in [1.29, 1.82) is 0 Å². The smallest absolute Gasteiger partial charge is 0.252 e. The second kappa shape index (κ2) is 13.2. The summed E-state index contributed by atoms with van der Waals surface area (Å²) < 4.78 is 0. The summed E-state index contributed by atoms with van der Waals surface area (Å²) in [7, 11) is 0. The minimum absolute atomic E-state index is 0.00532. The Morgan fingerprint density at radius 1 is 0.403 bits per heavy atom. The normalized spacial score (nSPS) is 19.1. The monoisotopic (exact) mass is 823 g/mol. The maximum Gasteiger partial charge on any atom is 0.252 e. The van der Waals surface area contributed by atoms with E-state index in [1.807, 2.05) is 0 Å². The molecule has 4 aliphatic rings. The Morgan fingerprint density at radius 2 is 0.823 bits per heavy atom. The lowest BCUT2D eigenvalue weighted by Gasteiger charge is -2.48. The van der Waals surface area contributed by atoms with E-state index >= 15 is 0 Å². The van der Waals surface area contributed by atoms with Crippen LogP contribution in [0.4, 0.5) is 34.1 Å². The van der Waals surface area contributed by atoms with Crippen LogP contribution in [0.2, 0.25) is 0 Å². The van der Waals surface area contributed by atoms with Crippen LogP contribution in [0.25, 0.3) is 0 Å². The van der Waals surface area contributed by atoms with Gasteiger partial charge in [0.2, 0.25) is 0 Å². The number of anilines is 6. The van der Waals surface area contributed by atoms with Crippen LogP contribution in [0.1, 0.15) is 187 Å². The molecule has 5 aromatic carbocycles. The highest BCUT2D eigenvalue weighted by Crippen LogP contribution is 2.55. The number of rotatable bonds is 2. The molecule has 2 aliphatic carbocycles. The van der Waals surface area contributed by atoms with E-state index in [0.29, 0.717) is 0 Å². The van der Waals surface area contributed by atoms with Gasteiger partial charge < -0.3 is 9.80 Å². The minimum Gasteiger partial charge on any atom is -0.311 e. The fourth-order valence-electron chi connectivity index (χ4n) is 12.1. The van der Waals surface area contributed by atoms with E-state index in [0.717, 1.165) is 6.42 Å². The van der Waals surface area contributed by atoms with Crippen molar-refractivity contribution in [2.45, 2.75) is 189 Å². The first kappa shape index (κ1) is 43.0. The molecule has 2 aliphatic heterocycles. The first-order chi connectivity index (χ1) is 28.4. The summed E-state index contributed by atoms with van der Waals surface area (Å²) in [6, 6.07) is 30.4. The zero-order chi connectivity index (χ0) is 45.2. The Kier molecular flexibility index (Phi) is 9.14. The van der Waals surface area contributed by atoms with Gasteiger partial charge in [0.1, 0.15) is 0 Å². The lowest BCUT2D eigenvalue weighted by atomic mass is 9.32. The van der Waals surface area contributed by atoms with Crippen LogP contribution < -0.4 is 26.2 Å². The molecule has 0 aromatic heterocycles. The third-order valence-corrected chi connectivity index (χ3v) is 16.0. The number of fused-ring (bicyclic) bond motifs is 6. The van der Waals surface area contributed by atoms with E-state index in [9.17, 15) is 0 Å². The summed E-state index contributed by atoms with van der Waals surface area (Å²) in [4.78, 5) is 5.43. The summed E-state index contributed by atoms with van der Waals surface area (Å²) in [5.74, 6) is 0. The van der Waals surface area contributed by atoms with E-state index < -0.39 is 0 Å². The molecule has 0 unspecified atom stereocenters. The summed E-state index contributed by atoms with van der Waals surface area (Å²) in [6.45, 7) is 45.9. The van der Waals surface area contributed by atoms with Crippen molar-refractivity contribution in [2.24, 2.45) is 0 Å². The van der Waals surface area contributed by atoms with Crippen molar-refractivity contribution < 1.29 is 0 Å². The summed E-state index contributed by atoms with van der Waals surface area (Å²) >= 11 is 0. The van der Waals surface area contributed by atoms with Gasteiger partial charge in [-0.05, 0) is 174 Å². The van der Waals surface area contributed by atoms with E-state index in [4.69, 9.17) is 0 Å². The van der Waals surface area contributed by atoms with Gasteiger partial charge in [-0.2, -0.15) is 0 Å². The van der Waals surface area contributed by atoms with Crippen molar-refractivity contribution >= 4 is 57.2 Å². The molecule has 324 valence electrons. The third kappa shape index (κ3) is 6.47. The van der Waals surface area contributed by atoms with Crippen LogP contribution in [0.15, 0.2) is 72.8 Å². The number of aryl methyl sites for hydroxylation is 2. The molecule has 0 amide bonds. The maximum atomic E-state index is 2.75. The Balaban J connectivity index is 1.48. The SMILES string of the molecule is Cc1ccc(C(C)(C)C)cc1N1c2ccc(C(C)(C)C)cc2B2c3cc4c(cc3N(c3cc5c(cc3C)C(C)(C)CC5(C)C)c3cc(C(C)(C)C)cc1c32)C(C)(C)CCC4(C)C. The fourth-order valence-corrected chi connectivity index (χ4v) is 12.1. The number of hydrogen-bond acceptors (Lipinski definition) is 2. The highest BCUT2D eigenvalue weighted by molar-refractivity contribution is 7.00. The minimum atomic E-state index is -0.0851. The molecule has 5 aromatic rings. The molecule has 2 nitrogen and oxygen atoms in total. The second-order valence-electron chi connectivity index (χ2n) is 25.9. The lowest BCUT2D eigenvalue weighted by molar-refractivity contribution is 0.332. The molecule has 0 radical (unpaired) electrons. The summed E-state index contributed by atoms with van der Waals surface area (Å²) in [5, 5.41) is 0. The molecule has 0 N–H and O–H groups in total. The van der Waals surface area contributed by atoms with E-state index in [2.05, 4.69) is 214 Å². The standard InChI is InChI=1S/C59H75BN2/c1-35-20-21-38(54(6,7)8)28-47(35)61-46-23-22-37(53(3,4)5)27-44(46)60-45-31-41-42(57(14,15)25-24-56(41,12)13)33-49(45)62(51-30-39(55(9,10)11)29-50(61)52(51)60)48-32-43-40(26-36(48)2)58(16,17)34-59(43,18)19/h20-23,26-33H,24-25,34H2,1-19H3. The highest BCUT2D eigenvalue weighted by atomic mass is 15.2. The highest BCUT2D eigenvalue weighted by Gasteiger charge is 2.49. The van der Waals surface area contributed by atoms with Gasteiger partial charge in [-0.15, -0.1) is 0 Å². The Morgan fingerprint density at radius 3 is 1.39 bits per heavy atom. The molecule has 0 saturated heterocycles. The number of benzene rings is 5. The van der Waals surface area contributed by atoms with E-state index in [1.54, 1.807) is 0 Å². The molecule has 62 heavy (non-hydrogen) atoms. The Bertz CT molecular complexity index is 2700. The second-order valence-corrected chi connectivity index (χ2v) is 25.9. The molecule has 9 rings (SSSR count). The molecular weight excluding hydrogens is 747 g/mol. The molecule has 2 heterocycles. The fraction of sp³-hybridized carbons (Fsp3) is 0.492. The molecule has 0 atom stereocenters. The zero-order valence-corrected chi connectivity index (χ0v) is 42.0. The lowest BCUT2D eigenvalue weighted by Crippen LogP contribution is -2.62. The van der Waals surface area contributed by atoms with Crippen molar-refractivity contribution in [2.75, 3.05) is 9.80 Å². The summed E-state index contributed by atoms with van der Waals surface area (Å²) in [6.07, 6.45) is 3.52. The quantitative estimate of drug-likeness (QED) is 0.160. The van der Waals surface area contributed by atoms with Gasteiger partial charge in [0, 0.05) is 34.1 Å². The van der Waals surface area contributed by atoms with E-state index in [-0.39, 0.29) is 44.6 Å². The van der Waals surface area contributed by atoms with Crippen LogP contribution in [-0.2, 0) is 37.9 Å². The molecular formula is C59H75BN2. The van der Waals surface area contributed by atoms with Crippen LogP contribution in [0, 0.1) is 13.8 Å². The molecule has 0 saturated carbocycles. The maximum absolute atomic E-state index is 2.75. The average Bonchev–Trinajstić information content (AvgIpc) is 3.33. The van der Waals surface area contributed by atoms with Gasteiger partial charge in [0.05, 0.1) is 0 Å². The number of nitrogens with zero attached hydrogens (tertiary/aromatic N) is 2. The van der Waals surface area contributed by atoms with Gasteiger partial charge in [0.15, 0.2) is 0 Å². The molecule has 0 spiro atoms. The Labute approximate surface area is 377 Å².